The number of benzene rings is 1. The summed E-state index contributed by atoms with van der Waals surface area (Å²) in [6, 6.07) is 9.73. The predicted octanol–water partition coefficient (Wildman–Crippen LogP) is 1.07. The van der Waals surface area contributed by atoms with E-state index in [0.717, 1.165) is 24.1 Å². The first-order chi connectivity index (χ1) is 9.72. The largest absolute Gasteiger partial charge is 0.393 e. The highest BCUT2D eigenvalue weighted by molar-refractivity contribution is 6.04. The summed E-state index contributed by atoms with van der Waals surface area (Å²) in [6.45, 7) is 0.608. The molecule has 2 N–H and O–H groups in total. The van der Waals surface area contributed by atoms with Gasteiger partial charge in [-0.05, 0) is 24.3 Å². The zero-order chi connectivity index (χ0) is 13.9. The standard InChI is InChI=1S/C15H18N2O3/c18-12-6-10(7-12)9-16-15(19)14-8-13(17-20-14)11-4-2-1-3-5-11/h1-5,10,12,14,18H,6-9H2,(H,16,19). The molecule has 20 heavy (non-hydrogen) atoms. The second-order valence-electron chi connectivity index (χ2n) is 5.44. The first-order valence-corrected chi connectivity index (χ1v) is 6.96. The van der Waals surface area contributed by atoms with E-state index >= 15 is 0 Å². The van der Waals surface area contributed by atoms with E-state index in [-0.39, 0.29) is 12.0 Å². The third kappa shape index (κ3) is 2.82. The fourth-order valence-corrected chi connectivity index (χ4v) is 2.54. The van der Waals surface area contributed by atoms with Crippen LogP contribution in [0.3, 0.4) is 0 Å². The zero-order valence-corrected chi connectivity index (χ0v) is 11.2. The predicted molar refractivity (Wildman–Crippen MR) is 74.2 cm³/mol. The van der Waals surface area contributed by atoms with Crippen LogP contribution in [0.25, 0.3) is 0 Å². The van der Waals surface area contributed by atoms with Crippen LogP contribution in [0.15, 0.2) is 35.5 Å². The Labute approximate surface area is 117 Å². The van der Waals surface area contributed by atoms with Gasteiger partial charge in [0.2, 0.25) is 6.10 Å². The molecule has 0 saturated heterocycles. The summed E-state index contributed by atoms with van der Waals surface area (Å²) in [5.41, 5.74) is 1.80. The lowest BCUT2D eigenvalue weighted by Gasteiger charge is -2.31. The van der Waals surface area contributed by atoms with Crippen LogP contribution in [0.5, 0.6) is 0 Å². The van der Waals surface area contributed by atoms with Crippen LogP contribution in [0, 0.1) is 5.92 Å². The van der Waals surface area contributed by atoms with Gasteiger partial charge in [-0.3, -0.25) is 4.79 Å². The SMILES string of the molecule is O=C(NCC1CC(O)C1)C1CC(c2ccccc2)=NO1. The van der Waals surface area contributed by atoms with E-state index in [9.17, 15) is 9.90 Å². The average molecular weight is 274 g/mol. The van der Waals surface area contributed by atoms with Crippen molar-refractivity contribution in [2.45, 2.75) is 31.5 Å². The molecule has 1 aromatic carbocycles. The summed E-state index contributed by atoms with van der Waals surface area (Å²) in [7, 11) is 0. The lowest BCUT2D eigenvalue weighted by atomic mass is 9.82. The number of nitrogens with one attached hydrogen (secondary N) is 1. The van der Waals surface area contributed by atoms with Crippen LogP contribution in [-0.4, -0.2) is 35.5 Å². The fraction of sp³-hybridized carbons (Fsp3) is 0.467. The normalized spacial score (nSPS) is 28.2. The van der Waals surface area contributed by atoms with Crippen molar-refractivity contribution >= 4 is 11.6 Å². The van der Waals surface area contributed by atoms with Crippen LogP contribution < -0.4 is 5.32 Å². The molecule has 106 valence electrons. The number of aliphatic hydroxyl groups excluding tert-OH is 1. The third-order valence-corrected chi connectivity index (χ3v) is 3.84. The molecule has 1 saturated carbocycles. The van der Waals surface area contributed by atoms with E-state index in [0.29, 0.717) is 18.9 Å². The number of oxime groups is 1. The molecule has 0 radical (unpaired) electrons. The maximum Gasteiger partial charge on any atom is 0.264 e. The molecule has 0 bridgehead atoms. The second kappa shape index (κ2) is 5.63. The molecule has 1 unspecified atom stereocenters. The van der Waals surface area contributed by atoms with Crippen LogP contribution in [-0.2, 0) is 9.63 Å². The van der Waals surface area contributed by atoms with E-state index in [1.54, 1.807) is 0 Å². The van der Waals surface area contributed by atoms with Gasteiger partial charge in [0.1, 0.15) is 0 Å². The van der Waals surface area contributed by atoms with Gasteiger partial charge >= 0.3 is 0 Å². The van der Waals surface area contributed by atoms with E-state index < -0.39 is 6.10 Å². The topological polar surface area (TPSA) is 70.9 Å². The molecule has 5 nitrogen and oxygen atoms in total. The summed E-state index contributed by atoms with van der Waals surface area (Å²) in [5, 5.41) is 16.1. The number of carbonyl (C=O) groups excluding carboxylic acids is 1. The van der Waals surface area contributed by atoms with Gasteiger partial charge in [0, 0.05) is 13.0 Å². The molecular weight excluding hydrogens is 256 g/mol. The van der Waals surface area contributed by atoms with Crippen LogP contribution in [0.4, 0.5) is 0 Å². The molecule has 3 rings (SSSR count). The van der Waals surface area contributed by atoms with Crippen LogP contribution in [0.2, 0.25) is 0 Å². The highest BCUT2D eigenvalue weighted by atomic mass is 16.6. The molecule has 1 aromatic rings. The molecule has 0 aromatic heterocycles. The monoisotopic (exact) mass is 274 g/mol. The van der Waals surface area contributed by atoms with Gasteiger partial charge in [-0.2, -0.15) is 0 Å². The van der Waals surface area contributed by atoms with Crippen molar-refractivity contribution in [2.24, 2.45) is 11.1 Å². The maximum atomic E-state index is 12.0. The van der Waals surface area contributed by atoms with Gasteiger partial charge in [0.05, 0.1) is 11.8 Å². The molecular formula is C15H18N2O3. The zero-order valence-electron chi connectivity index (χ0n) is 11.2. The van der Waals surface area contributed by atoms with Crippen molar-refractivity contribution < 1.29 is 14.7 Å². The minimum atomic E-state index is -0.532. The van der Waals surface area contributed by atoms with Crippen molar-refractivity contribution in [2.75, 3.05) is 6.54 Å². The Bertz CT molecular complexity index is 509. The van der Waals surface area contributed by atoms with E-state index in [4.69, 9.17) is 4.84 Å². The quantitative estimate of drug-likeness (QED) is 0.862. The van der Waals surface area contributed by atoms with E-state index in [2.05, 4.69) is 10.5 Å². The highest BCUT2D eigenvalue weighted by Gasteiger charge is 2.31. The molecule has 2 aliphatic rings. The fourth-order valence-electron chi connectivity index (χ4n) is 2.54. The van der Waals surface area contributed by atoms with Gasteiger partial charge in [-0.25, -0.2) is 0 Å². The lowest BCUT2D eigenvalue weighted by Crippen LogP contribution is -2.42. The number of aliphatic hydroxyl groups is 1. The highest BCUT2D eigenvalue weighted by Crippen LogP contribution is 2.26. The molecule has 1 fully saturated rings. The first kappa shape index (κ1) is 13.1. The van der Waals surface area contributed by atoms with Gasteiger partial charge in [-0.1, -0.05) is 35.5 Å². The summed E-state index contributed by atoms with van der Waals surface area (Å²) < 4.78 is 0. The van der Waals surface area contributed by atoms with Crippen molar-refractivity contribution in [1.82, 2.24) is 5.32 Å². The maximum absolute atomic E-state index is 12.0. The molecule has 1 amide bonds. The molecule has 1 atom stereocenters. The Morgan fingerprint density at radius 1 is 1.35 bits per heavy atom. The minimum Gasteiger partial charge on any atom is -0.393 e. The summed E-state index contributed by atoms with van der Waals surface area (Å²) in [4.78, 5) is 17.2. The Morgan fingerprint density at radius 3 is 2.80 bits per heavy atom. The second-order valence-corrected chi connectivity index (χ2v) is 5.44. The van der Waals surface area contributed by atoms with E-state index in [1.165, 1.54) is 0 Å². The number of carbonyl (C=O) groups is 1. The minimum absolute atomic E-state index is 0.124. The molecule has 1 aliphatic heterocycles. The van der Waals surface area contributed by atoms with Crippen molar-refractivity contribution in [3.8, 4) is 0 Å². The molecule has 1 aliphatic carbocycles. The number of hydrogen-bond donors (Lipinski definition) is 2. The summed E-state index contributed by atoms with van der Waals surface area (Å²) in [6.07, 6.45) is 1.33. The number of hydrogen-bond acceptors (Lipinski definition) is 4. The lowest BCUT2D eigenvalue weighted by molar-refractivity contribution is -0.131. The van der Waals surface area contributed by atoms with Gasteiger partial charge in [0.25, 0.3) is 5.91 Å². The van der Waals surface area contributed by atoms with Gasteiger partial charge in [-0.15, -0.1) is 0 Å². The van der Waals surface area contributed by atoms with Crippen LogP contribution in [0.1, 0.15) is 24.8 Å². The number of amides is 1. The Morgan fingerprint density at radius 2 is 2.10 bits per heavy atom. The molecule has 5 heteroatoms. The van der Waals surface area contributed by atoms with Crippen molar-refractivity contribution in [3.05, 3.63) is 35.9 Å². The third-order valence-electron chi connectivity index (χ3n) is 3.84. The van der Waals surface area contributed by atoms with E-state index in [1.807, 2.05) is 30.3 Å². The summed E-state index contributed by atoms with van der Waals surface area (Å²) in [5.74, 6) is 0.269. The number of nitrogens with zero attached hydrogens (tertiary/aromatic N) is 1. The van der Waals surface area contributed by atoms with Gasteiger partial charge < -0.3 is 15.3 Å². The van der Waals surface area contributed by atoms with Crippen LogP contribution >= 0.6 is 0 Å². The van der Waals surface area contributed by atoms with Gasteiger partial charge in [0.15, 0.2) is 0 Å². The smallest absolute Gasteiger partial charge is 0.264 e. The first-order valence-electron chi connectivity index (χ1n) is 6.96. The molecule has 0 spiro atoms. The van der Waals surface area contributed by atoms with Crippen molar-refractivity contribution in [3.63, 3.8) is 0 Å². The molecule has 1 heterocycles. The summed E-state index contributed by atoms with van der Waals surface area (Å²) >= 11 is 0. The Hall–Kier alpha value is -1.88. The number of rotatable bonds is 4. The van der Waals surface area contributed by atoms with Crippen molar-refractivity contribution in [1.29, 1.82) is 0 Å². The Balaban J connectivity index is 1.47. The average Bonchev–Trinajstić information content (AvgIpc) is 2.93. The Kier molecular flexibility index (Phi) is 3.69.